The van der Waals surface area contributed by atoms with Crippen LogP contribution in [0, 0.1) is 0 Å². The normalized spacial score (nSPS) is 22.3. The lowest BCUT2D eigenvalue weighted by Gasteiger charge is -2.40. The van der Waals surface area contributed by atoms with E-state index in [4.69, 9.17) is 0 Å². The summed E-state index contributed by atoms with van der Waals surface area (Å²) in [5.74, 6) is 0. The van der Waals surface area contributed by atoms with E-state index >= 15 is 0 Å². The second kappa shape index (κ2) is 8.78. The van der Waals surface area contributed by atoms with Crippen LogP contribution >= 0.6 is 0 Å². The Morgan fingerprint density at radius 3 is 2.57 bits per heavy atom. The lowest BCUT2D eigenvalue weighted by Crippen LogP contribution is -2.49. The number of aliphatic hydroxyl groups excluding tert-OH is 1. The number of aromatic nitrogens is 1. The van der Waals surface area contributed by atoms with Crippen LogP contribution in [0.1, 0.15) is 38.7 Å². The zero-order valence-corrected chi connectivity index (χ0v) is 17.7. The van der Waals surface area contributed by atoms with Crippen LogP contribution in [-0.4, -0.2) is 54.7 Å². The Labute approximate surface area is 174 Å². The molecule has 2 N–H and O–H groups in total. The van der Waals surface area contributed by atoms with Gasteiger partial charge in [-0.05, 0) is 51.0 Å². The van der Waals surface area contributed by atoms with E-state index in [1.54, 1.807) is 0 Å². The molecule has 1 aromatic carbocycles. The van der Waals surface area contributed by atoms with E-state index < -0.39 is 32.8 Å². The number of rotatable bonds is 6. The number of sulfonamides is 1. The topological polar surface area (TPSA) is 82.5 Å². The fourth-order valence-corrected chi connectivity index (χ4v) is 5.27. The van der Waals surface area contributed by atoms with Crippen molar-refractivity contribution >= 4 is 20.9 Å². The summed E-state index contributed by atoms with van der Waals surface area (Å²) in [4.78, 5) is 5.49. The van der Waals surface area contributed by atoms with Crippen LogP contribution in [0.25, 0.3) is 10.9 Å². The lowest BCUT2D eigenvalue weighted by molar-refractivity contribution is -0.137. The first-order valence-electron chi connectivity index (χ1n) is 9.88. The summed E-state index contributed by atoms with van der Waals surface area (Å²) in [6, 6.07) is 4.85. The van der Waals surface area contributed by atoms with Gasteiger partial charge in [0.05, 0.1) is 22.1 Å². The van der Waals surface area contributed by atoms with Gasteiger partial charge in [-0.15, -0.1) is 0 Å². The van der Waals surface area contributed by atoms with Crippen molar-refractivity contribution < 1.29 is 26.7 Å². The van der Waals surface area contributed by atoms with Crippen molar-refractivity contribution in [3.05, 3.63) is 36.0 Å². The maximum Gasteiger partial charge on any atom is 0.416 e. The second-order valence-electron chi connectivity index (χ2n) is 7.87. The van der Waals surface area contributed by atoms with Gasteiger partial charge in [-0.3, -0.25) is 9.88 Å². The van der Waals surface area contributed by atoms with Gasteiger partial charge in [0.1, 0.15) is 0 Å². The van der Waals surface area contributed by atoms with Gasteiger partial charge < -0.3 is 5.11 Å². The third-order valence-corrected chi connectivity index (χ3v) is 7.07. The van der Waals surface area contributed by atoms with E-state index in [0.717, 1.165) is 25.3 Å². The van der Waals surface area contributed by atoms with Gasteiger partial charge >= 0.3 is 6.18 Å². The van der Waals surface area contributed by atoms with E-state index in [9.17, 15) is 26.7 Å². The second-order valence-corrected chi connectivity index (χ2v) is 9.61. The van der Waals surface area contributed by atoms with Gasteiger partial charge in [-0.1, -0.05) is 6.42 Å². The highest BCUT2D eigenvalue weighted by molar-refractivity contribution is 7.89. The van der Waals surface area contributed by atoms with Gasteiger partial charge in [-0.2, -0.15) is 13.2 Å². The van der Waals surface area contributed by atoms with Crippen molar-refractivity contribution in [2.75, 3.05) is 13.1 Å². The molecular formula is C20H26F3N3O3S. The third-order valence-electron chi connectivity index (χ3n) is 5.61. The number of benzene rings is 1. The van der Waals surface area contributed by atoms with Gasteiger partial charge in [0.2, 0.25) is 10.0 Å². The van der Waals surface area contributed by atoms with Crippen LogP contribution in [0.15, 0.2) is 35.4 Å². The molecule has 3 rings (SSSR count). The Balaban J connectivity index is 1.81. The number of hydrogen-bond acceptors (Lipinski definition) is 5. The largest absolute Gasteiger partial charge is 0.416 e. The molecule has 2 aromatic rings. The number of aliphatic hydroxyl groups is 1. The number of halogens is 3. The summed E-state index contributed by atoms with van der Waals surface area (Å²) in [7, 11) is -4.30. The van der Waals surface area contributed by atoms with E-state index in [1.165, 1.54) is 18.3 Å². The Morgan fingerprint density at radius 1 is 1.27 bits per heavy atom. The molecule has 1 aliphatic heterocycles. The average Bonchev–Trinajstić information content (AvgIpc) is 2.68. The Bertz CT molecular complexity index is 988. The molecule has 0 radical (unpaired) electrons. The molecule has 0 saturated carbocycles. The van der Waals surface area contributed by atoms with Crippen LogP contribution in [0.3, 0.4) is 0 Å². The summed E-state index contributed by atoms with van der Waals surface area (Å²) >= 11 is 0. The number of likely N-dealkylation sites (tertiary alicyclic amines) is 1. The predicted molar refractivity (Wildman–Crippen MR) is 107 cm³/mol. The molecule has 30 heavy (non-hydrogen) atoms. The van der Waals surface area contributed by atoms with Crippen molar-refractivity contribution in [2.45, 2.75) is 62.4 Å². The van der Waals surface area contributed by atoms with Gasteiger partial charge in [0.15, 0.2) is 0 Å². The summed E-state index contributed by atoms with van der Waals surface area (Å²) in [5.41, 5.74) is -1.16. The third kappa shape index (κ3) is 5.11. The molecular weight excluding hydrogens is 419 g/mol. The monoisotopic (exact) mass is 445 g/mol. The Hall–Kier alpha value is -1.75. The standard InChI is InChI=1S/C20H26F3N3O3S/c1-13-5-3-6-14(2)26(13)12-16(27)11-25-30(28,29)19-10-15(20(21,22)23)9-18-17(19)7-4-8-24-18/h4,7-10,13-14,16,25,27H,3,5-6,11-12H2,1-2H3. The highest BCUT2D eigenvalue weighted by Crippen LogP contribution is 2.34. The summed E-state index contributed by atoms with van der Waals surface area (Å²) < 4.78 is 67.6. The number of pyridine rings is 1. The first-order chi connectivity index (χ1) is 14.0. The number of piperidine rings is 1. The minimum atomic E-state index is -4.71. The minimum Gasteiger partial charge on any atom is -0.390 e. The molecule has 0 amide bonds. The average molecular weight is 446 g/mol. The molecule has 2 heterocycles. The molecule has 0 aliphatic carbocycles. The lowest BCUT2D eigenvalue weighted by atomic mass is 9.97. The number of hydrogen-bond donors (Lipinski definition) is 2. The van der Waals surface area contributed by atoms with E-state index in [1.807, 2.05) is 0 Å². The van der Waals surface area contributed by atoms with Crippen molar-refractivity contribution in [1.29, 1.82) is 0 Å². The molecule has 0 bridgehead atoms. The van der Waals surface area contributed by atoms with Crippen molar-refractivity contribution in [3.8, 4) is 0 Å². The zero-order chi connectivity index (χ0) is 22.1. The van der Waals surface area contributed by atoms with E-state index in [0.29, 0.717) is 6.07 Å². The van der Waals surface area contributed by atoms with Gasteiger partial charge in [0, 0.05) is 36.8 Å². The SMILES string of the molecule is CC1CCCC(C)N1CC(O)CNS(=O)(=O)c1cc(C(F)(F)F)cc2ncccc12. The van der Waals surface area contributed by atoms with Crippen molar-refractivity contribution in [3.63, 3.8) is 0 Å². The quantitative estimate of drug-likeness (QED) is 0.714. The van der Waals surface area contributed by atoms with Crippen LogP contribution in [0.4, 0.5) is 13.2 Å². The molecule has 3 unspecified atom stereocenters. The van der Waals surface area contributed by atoms with Crippen LogP contribution in [0.2, 0.25) is 0 Å². The first-order valence-corrected chi connectivity index (χ1v) is 11.4. The Kier molecular flexibility index (Phi) is 6.71. The van der Waals surface area contributed by atoms with Crippen LogP contribution in [0.5, 0.6) is 0 Å². The maximum atomic E-state index is 13.2. The number of alkyl halides is 3. The molecule has 6 nitrogen and oxygen atoms in total. The highest BCUT2D eigenvalue weighted by atomic mass is 32.2. The van der Waals surface area contributed by atoms with Gasteiger partial charge in [-0.25, -0.2) is 13.1 Å². The predicted octanol–water partition coefficient (Wildman–Crippen LogP) is 3.16. The molecule has 166 valence electrons. The maximum absolute atomic E-state index is 13.2. The summed E-state index contributed by atoms with van der Waals surface area (Å²) in [6.07, 6.45) is -1.28. The number of fused-ring (bicyclic) bond motifs is 1. The fraction of sp³-hybridized carbons (Fsp3) is 0.550. The highest BCUT2D eigenvalue weighted by Gasteiger charge is 2.33. The zero-order valence-electron chi connectivity index (χ0n) is 16.9. The van der Waals surface area contributed by atoms with Crippen molar-refractivity contribution in [1.82, 2.24) is 14.6 Å². The molecule has 0 spiro atoms. The molecule has 10 heteroatoms. The molecule has 1 aliphatic rings. The fourth-order valence-electron chi connectivity index (χ4n) is 3.96. The summed E-state index contributed by atoms with van der Waals surface area (Å²) in [6.45, 7) is 4.12. The minimum absolute atomic E-state index is 0.0655. The number of β-amino-alcohol motifs (C(OH)–C–C–N with tert-alkyl or cyclic N) is 1. The Morgan fingerprint density at radius 2 is 1.93 bits per heavy atom. The van der Waals surface area contributed by atoms with E-state index in [2.05, 4.69) is 28.5 Å². The van der Waals surface area contributed by atoms with Crippen molar-refractivity contribution in [2.24, 2.45) is 0 Å². The number of nitrogens with one attached hydrogen (secondary N) is 1. The summed E-state index contributed by atoms with van der Waals surface area (Å²) in [5, 5.41) is 10.5. The molecule has 3 atom stereocenters. The first kappa shape index (κ1) is 22.9. The van der Waals surface area contributed by atoms with Crippen LogP contribution < -0.4 is 4.72 Å². The molecule has 1 fully saturated rings. The smallest absolute Gasteiger partial charge is 0.390 e. The van der Waals surface area contributed by atoms with Crippen LogP contribution in [-0.2, 0) is 16.2 Å². The van der Waals surface area contributed by atoms with Gasteiger partial charge in [0.25, 0.3) is 0 Å². The molecule has 1 aromatic heterocycles. The molecule has 1 saturated heterocycles. The number of nitrogens with zero attached hydrogens (tertiary/aromatic N) is 2. The van der Waals surface area contributed by atoms with E-state index in [-0.39, 0.29) is 36.1 Å².